The summed E-state index contributed by atoms with van der Waals surface area (Å²) in [6.07, 6.45) is 3.98. The second kappa shape index (κ2) is 9.94. The van der Waals surface area contributed by atoms with E-state index in [-0.39, 0.29) is 23.3 Å². The molecule has 0 saturated carbocycles. The molecule has 0 unspecified atom stereocenters. The first kappa shape index (κ1) is 22.8. The quantitative estimate of drug-likeness (QED) is 0.197. The van der Waals surface area contributed by atoms with E-state index in [1.54, 1.807) is 19.1 Å². The highest BCUT2D eigenvalue weighted by Crippen LogP contribution is 2.36. The Bertz CT molecular complexity index is 1100. The van der Waals surface area contributed by atoms with E-state index >= 15 is 0 Å². The second-order valence-electron chi connectivity index (χ2n) is 7.24. The predicted molar refractivity (Wildman–Crippen MR) is 114 cm³/mol. The van der Waals surface area contributed by atoms with Gasteiger partial charge in [-0.25, -0.2) is 17.6 Å². The van der Waals surface area contributed by atoms with Crippen molar-refractivity contribution in [3.8, 4) is 5.75 Å². The third kappa shape index (κ3) is 4.73. The molecule has 3 rings (SSSR count). The van der Waals surface area contributed by atoms with Crippen molar-refractivity contribution in [2.24, 2.45) is 0 Å². The predicted octanol–water partition coefficient (Wildman–Crippen LogP) is 8.15. The van der Waals surface area contributed by atoms with Crippen molar-refractivity contribution in [3.63, 3.8) is 0 Å². The van der Waals surface area contributed by atoms with Crippen LogP contribution in [0.15, 0.2) is 42.5 Å². The molecule has 3 aromatic rings. The standard InChI is InChI=1S/C25H23F5O/c1-3-5-6-7-15-8-10-16(11-9-15)21(26)23(28)18-13-12-17-14-19(31-4-2)24(29)25(30)20(17)22(18)27/h8-14H,3-7H2,1-2H3. The van der Waals surface area contributed by atoms with Crippen LogP contribution in [0.2, 0.25) is 0 Å². The van der Waals surface area contributed by atoms with E-state index in [4.69, 9.17) is 4.74 Å². The van der Waals surface area contributed by atoms with Gasteiger partial charge in [-0.05, 0) is 42.8 Å². The molecule has 0 heterocycles. The Morgan fingerprint density at radius 1 is 0.806 bits per heavy atom. The molecule has 6 heteroatoms. The maximum atomic E-state index is 14.9. The third-order valence-corrected chi connectivity index (χ3v) is 5.09. The molecule has 0 N–H and O–H groups in total. The van der Waals surface area contributed by atoms with E-state index in [0.29, 0.717) is 0 Å². The Hall–Kier alpha value is -2.89. The largest absolute Gasteiger partial charge is 0.491 e. The Balaban J connectivity index is 2.00. The topological polar surface area (TPSA) is 9.23 Å². The maximum absolute atomic E-state index is 14.9. The van der Waals surface area contributed by atoms with Gasteiger partial charge >= 0.3 is 0 Å². The molecule has 0 radical (unpaired) electrons. The SMILES string of the molecule is CCCCCc1ccc(C(F)=C(F)c2ccc3cc(OCC)c(F)c(F)c3c2F)cc1. The molecule has 0 spiro atoms. The van der Waals surface area contributed by atoms with E-state index in [9.17, 15) is 22.0 Å². The first-order valence-electron chi connectivity index (χ1n) is 10.3. The molecule has 0 saturated heterocycles. The van der Waals surface area contributed by atoms with Crippen LogP contribution in [-0.2, 0) is 6.42 Å². The van der Waals surface area contributed by atoms with Gasteiger partial charge in [0.1, 0.15) is 5.82 Å². The van der Waals surface area contributed by atoms with Crippen molar-refractivity contribution < 1.29 is 26.7 Å². The lowest BCUT2D eigenvalue weighted by atomic mass is 10.0. The molecule has 1 nitrogen and oxygen atoms in total. The Morgan fingerprint density at radius 3 is 2.16 bits per heavy atom. The summed E-state index contributed by atoms with van der Waals surface area (Å²) in [6, 6.07) is 9.55. The summed E-state index contributed by atoms with van der Waals surface area (Å²) >= 11 is 0. The molecular weight excluding hydrogens is 411 g/mol. The highest BCUT2D eigenvalue weighted by atomic mass is 19.2. The lowest BCUT2D eigenvalue weighted by Crippen LogP contribution is -2.00. The van der Waals surface area contributed by atoms with Gasteiger partial charge in [-0.2, -0.15) is 4.39 Å². The van der Waals surface area contributed by atoms with Crippen LogP contribution in [0.5, 0.6) is 5.75 Å². The Morgan fingerprint density at radius 2 is 1.52 bits per heavy atom. The summed E-state index contributed by atoms with van der Waals surface area (Å²) in [4.78, 5) is 0. The molecular formula is C25H23F5O. The first-order valence-corrected chi connectivity index (χ1v) is 10.3. The fraction of sp³-hybridized carbons (Fsp3) is 0.280. The summed E-state index contributed by atoms with van der Waals surface area (Å²) in [5.41, 5.74) is 0.152. The molecule has 0 atom stereocenters. The zero-order valence-corrected chi connectivity index (χ0v) is 17.4. The average molecular weight is 434 g/mol. The lowest BCUT2D eigenvalue weighted by Gasteiger charge is -2.11. The Labute approximate surface area is 178 Å². The number of aryl methyl sites for hydroxylation is 1. The summed E-state index contributed by atoms with van der Waals surface area (Å²) in [5, 5.41) is -0.777. The van der Waals surface area contributed by atoms with E-state index in [2.05, 4.69) is 6.92 Å². The number of unbranched alkanes of at least 4 members (excludes halogenated alkanes) is 2. The van der Waals surface area contributed by atoms with Gasteiger partial charge in [0.2, 0.25) is 5.82 Å². The Kier molecular flexibility index (Phi) is 7.31. The fourth-order valence-corrected chi connectivity index (χ4v) is 3.43. The van der Waals surface area contributed by atoms with Gasteiger partial charge in [0, 0.05) is 11.1 Å². The first-order chi connectivity index (χ1) is 14.9. The summed E-state index contributed by atoms with van der Waals surface area (Å²) in [6.45, 7) is 3.77. The monoisotopic (exact) mass is 434 g/mol. The number of hydrogen-bond donors (Lipinski definition) is 0. The normalized spacial score (nSPS) is 12.2. The van der Waals surface area contributed by atoms with Crippen LogP contribution in [0, 0.1) is 17.5 Å². The molecule has 0 amide bonds. The molecule has 164 valence electrons. The number of fused-ring (bicyclic) bond motifs is 1. The zero-order chi connectivity index (χ0) is 22.5. The van der Waals surface area contributed by atoms with Gasteiger partial charge in [-0.1, -0.05) is 50.1 Å². The molecule has 0 fully saturated rings. The van der Waals surface area contributed by atoms with Crippen LogP contribution >= 0.6 is 0 Å². The van der Waals surface area contributed by atoms with Crippen molar-refractivity contribution in [1.82, 2.24) is 0 Å². The minimum absolute atomic E-state index is 0.0201. The van der Waals surface area contributed by atoms with E-state index in [0.717, 1.165) is 43.4 Å². The number of ether oxygens (including phenoxy) is 1. The van der Waals surface area contributed by atoms with Crippen LogP contribution in [0.4, 0.5) is 22.0 Å². The van der Waals surface area contributed by atoms with Gasteiger partial charge in [-0.15, -0.1) is 0 Å². The smallest absolute Gasteiger partial charge is 0.201 e. The lowest BCUT2D eigenvalue weighted by molar-refractivity contribution is 0.315. The van der Waals surface area contributed by atoms with Crippen LogP contribution < -0.4 is 4.74 Å². The molecule has 0 aliphatic rings. The van der Waals surface area contributed by atoms with Gasteiger partial charge in [0.15, 0.2) is 23.2 Å². The molecule has 31 heavy (non-hydrogen) atoms. The zero-order valence-electron chi connectivity index (χ0n) is 17.4. The summed E-state index contributed by atoms with van der Waals surface area (Å²) in [7, 11) is 0. The summed E-state index contributed by atoms with van der Waals surface area (Å²) < 4.78 is 78.0. The molecule has 0 aromatic heterocycles. The van der Waals surface area contributed by atoms with Crippen molar-refractivity contribution in [3.05, 3.63) is 76.6 Å². The highest BCUT2D eigenvalue weighted by molar-refractivity contribution is 5.91. The summed E-state index contributed by atoms with van der Waals surface area (Å²) in [5.74, 6) is -7.39. The molecule has 3 aromatic carbocycles. The highest BCUT2D eigenvalue weighted by Gasteiger charge is 2.23. The van der Waals surface area contributed by atoms with Gasteiger partial charge in [-0.3, -0.25) is 0 Å². The van der Waals surface area contributed by atoms with Crippen molar-refractivity contribution in [1.29, 1.82) is 0 Å². The number of benzene rings is 3. The molecule has 0 aliphatic heterocycles. The van der Waals surface area contributed by atoms with E-state index in [1.807, 2.05) is 0 Å². The minimum Gasteiger partial charge on any atom is -0.491 e. The molecule has 0 aliphatic carbocycles. The minimum atomic E-state index is -1.51. The van der Waals surface area contributed by atoms with E-state index in [1.165, 1.54) is 18.2 Å². The second-order valence-corrected chi connectivity index (χ2v) is 7.24. The van der Waals surface area contributed by atoms with Crippen molar-refractivity contribution in [2.75, 3.05) is 6.61 Å². The molecule has 0 bridgehead atoms. The van der Waals surface area contributed by atoms with Gasteiger partial charge < -0.3 is 4.74 Å². The number of rotatable bonds is 8. The van der Waals surface area contributed by atoms with Crippen LogP contribution in [0.25, 0.3) is 22.4 Å². The average Bonchev–Trinajstić information content (AvgIpc) is 2.77. The van der Waals surface area contributed by atoms with E-state index < -0.39 is 40.1 Å². The van der Waals surface area contributed by atoms with Crippen LogP contribution in [0.3, 0.4) is 0 Å². The number of halogens is 5. The fourth-order valence-electron chi connectivity index (χ4n) is 3.43. The maximum Gasteiger partial charge on any atom is 0.201 e. The van der Waals surface area contributed by atoms with Crippen molar-refractivity contribution >= 4 is 22.4 Å². The van der Waals surface area contributed by atoms with Crippen molar-refractivity contribution in [2.45, 2.75) is 39.5 Å². The van der Waals surface area contributed by atoms with Gasteiger partial charge in [0.25, 0.3) is 0 Å². The van der Waals surface area contributed by atoms with Gasteiger partial charge in [0.05, 0.1) is 12.0 Å². The van der Waals surface area contributed by atoms with Crippen LogP contribution in [0.1, 0.15) is 49.8 Å². The number of hydrogen-bond acceptors (Lipinski definition) is 1. The van der Waals surface area contributed by atoms with Crippen LogP contribution in [-0.4, -0.2) is 6.61 Å². The third-order valence-electron chi connectivity index (χ3n) is 5.09.